The van der Waals surface area contributed by atoms with Crippen molar-refractivity contribution in [1.29, 1.82) is 0 Å². The van der Waals surface area contributed by atoms with Crippen molar-refractivity contribution in [2.75, 3.05) is 6.54 Å². The minimum Gasteiger partial charge on any atom is -0.467 e. The first-order valence-corrected chi connectivity index (χ1v) is 5.32. The van der Waals surface area contributed by atoms with Gasteiger partial charge in [0.05, 0.1) is 12.8 Å². The van der Waals surface area contributed by atoms with Gasteiger partial charge in [-0.25, -0.2) is 0 Å². The third-order valence-corrected chi connectivity index (χ3v) is 2.03. The van der Waals surface area contributed by atoms with Crippen LogP contribution in [0.1, 0.15) is 25.5 Å². The number of nitrogens with one attached hydrogen (secondary N) is 2. The van der Waals surface area contributed by atoms with Gasteiger partial charge >= 0.3 is 11.8 Å². The van der Waals surface area contributed by atoms with E-state index in [0.29, 0.717) is 12.3 Å². The molecule has 1 aromatic heterocycles. The van der Waals surface area contributed by atoms with Crippen LogP contribution >= 0.6 is 0 Å². The summed E-state index contributed by atoms with van der Waals surface area (Å²) >= 11 is 0. The van der Waals surface area contributed by atoms with Crippen LogP contribution in [0.2, 0.25) is 0 Å². The molecule has 2 amide bonds. The number of hydrogen-bond acceptors (Lipinski definition) is 3. The number of amides is 2. The molecule has 0 aliphatic rings. The van der Waals surface area contributed by atoms with Crippen LogP contribution in [0.5, 0.6) is 0 Å². The third-order valence-electron chi connectivity index (χ3n) is 2.03. The van der Waals surface area contributed by atoms with Crippen molar-refractivity contribution in [2.24, 2.45) is 0 Å². The zero-order valence-corrected chi connectivity index (χ0v) is 9.29. The minimum atomic E-state index is -0.632. The van der Waals surface area contributed by atoms with Gasteiger partial charge in [0.25, 0.3) is 0 Å². The Balaban J connectivity index is 2.21. The zero-order chi connectivity index (χ0) is 11.8. The van der Waals surface area contributed by atoms with Crippen LogP contribution in [0.15, 0.2) is 22.8 Å². The molecule has 0 aromatic carbocycles. The maximum absolute atomic E-state index is 11.3. The summed E-state index contributed by atoms with van der Waals surface area (Å²) in [5, 5.41) is 5.00. The second-order valence-electron chi connectivity index (χ2n) is 3.37. The minimum absolute atomic E-state index is 0.229. The summed E-state index contributed by atoms with van der Waals surface area (Å²) in [6.07, 6.45) is 3.37. The summed E-state index contributed by atoms with van der Waals surface area (Å²) in [6.45, 7) is 2.78. The lowest BCUT2D eigenvalue weighted by Crippen LogP contribution is -2.39. The molecule has 1 rings (SSSR count). The van der Waals surface area contributed by atoms with Gasteiger partial charge < -0.3 is 15.1 Å². The second kappa shape index (κ2) is 6.66. The molecule has 1 heterocycles. The van der Waals surface area contributed by atoms with Gasteiger partial charge in [-0.1, -0.05) is 13.3 Å². The molecule has 0 radical (unpaired) electrons. The summed E-state index contributed by atoms with van der Waals surface area (Å²) < 4.78 is 5.02. The maximum atomic E-state index is 11.3. The quantitative estimate of drug-likeness (QED) is 0.574. The molecule has 88 valence electrons. The van der Waals surface area contributed by atoms with Crippen LogP contribution in [0.25, 0.3) is 0 Å². The van der Waals surface area contributed by atoms with E-state index in [0.717, 1.165) is 12.8 Å². The molecule has 0 fully saturated rings. The molecule has 16 heavy (non-hydrogen) atoms. The summed E-state index contributed by atoms with van der Waals surface area (Å²) in [7, 11) is 0. The number of carbonyl (C=O) groups is 2. The smallest absolute Gasteiger partial charge is 0.309 e. The van der Waals surface area contributed by atoms with Crippen LogP contribution in [-0.4, -0.2) is 18.4 Å². The van der Waals surface area contributed by atoms with E-state index in [1.54, 1.807) is 12.1 Å². The average molecular weight is 224 g/mol. The highest BCUT2D eigenvalue weighted by Gasteiger charge is 2.12. The van der Waals surface area contributed by atoms with Crippen LogP contribution in [0.3, 0.4) is 0 Å². The van der Waals surface area contributed by atoms with E-state index in [9.17, 15) is 9.59 Å². The average Bonchev–Trinajstić information content (AvgIpc) is 2.79. The van der Waals surface area contributed by atoms with Crippen molar-refractivity contribution >= 4 is 11.8 Å². The first kappa shape index (κ1) is 12.3. The lowest BCUT2D eigenvalue weighted by Gasteiger charge is -2.04. The van der Waals surface area contributed by atoms with E-state index in [4.69, 9.17) is 4.42 Å². The molecule has 0 atom stereocenters. The molecule has 0 aliphatic heterocycles. The zero-order valence-electron chi connectivity index (χ0n) is 9.29. The molecule has 5 heteroatoms. The topological polar surface area (TPSA) is 71.3 Å². The fraction of sp³-hybridized carbons (Fsp3) is 0.455. The lowest BCUT2D eigenvalue weighted by molar-refractivity contribution is -0.139. The number of furan rings is 1. The standard InChI is InChI=1S/C11H16N2O3/c1-2-3-6-12-10(14)11(15)13-8-9-5-4-7-16-9/h4-5,7H,2-3,6,8H2,1H3,(H,12,14)(H,13,15). The van der Waals surface area contributed by atoms with Gasteiger partial charge in [-0.15, -0.1) is 0 Å². The molecule has 0 saturated carbocycles. The Bertz CT molecular complexity index is 333. The molecule has 0 unspecified atom stereocenters. The van der Waals surface area contributed by atoms with Crippen molar-refractivity contribution in [2.45, 2.75) is 26.3 Å². The molecule has 0 bridgehead atoms. The van der Waals surface area contributed by atoms with Crippen molar-refractivity contribution < 1.29 is 14.0 Å². The van der Waals surface area contributed by atoms with Crippen molar-refractivity contribution in [1.82, 2.24) is 10.6 Å². The molecule has 1 aromatic rings. The van der Waals surface area contributed by atoms with Crippen molar-refractivity contribution in [3.05, 3.63) is 24.2 Å². The molecule has 0 saturated heterocycles. The highest BCUT2D eigenvalue weighted by molar-refractivity contribution is 6.35. The number of carbonyl (C=O) groups excluding carboxylic acids is 2. The normalized spacial score (nSPS) is 9.81. The predicted octanol–water partition coefficient (Wildman–Crippen LogP) is 0.812. The molecule has 5 nitrogen and oxygen atoms in total. The largest absolute Gasteiger partial charge is 0.467 e. The number of unbranched alkanes of at least 4 members (excludes halogenated alkanes) is 1. The van der Waals surface area contributed by atoms with Gasteiger partial charge in [0, 0.05) is 6.54 Å². The van der Waals surface area contributed by atoms with Gasteiger partial charge in [-0.2, -0.15) is 0 Å². The lowest BCUT2D eigenvalue weighted by atomic mass is 10.3. The fourth-order valence-electron chi connectivity index (χ4n) is 1.12. The molecule has 2 N–H and O–H groups in total. The van der Waals surface area contributed by atoms with Gasteiger partial charge in [0.1, 0.15) is 5.76 Å². The summed E-state index contributed by atoms with van der Waals surface area (Å²) in [6, 6.07) is 3.46. The van der Waals surface area contributed by atoms with Gasteiger partial charge in [-0.05, 0) is 18.6 Å². The fourth-order valence-corrected chi connectivity index (χ4v) is 1.12. The summed E-state index contributed by atoms with van der Waals surface area (Å²) in [4.78, 5) is 22.5. The SMILES string of the molecule is CCCCNC(=O)C(=O)NCc1ccco1. The summed E-state index contributed by atoms with van der Waals surface area (Å²) in [5.74, 6) is -0.609. The molecular weight excluding hydrogens is 208 g/mol. The Hall–Kier alpha value is -1.78. The summed E-state index contributed by atoms with van der Waals surface area (Å²) in [5.41, 5.74) is 0. The second-order valence-corrected chi connectivity index (χ2v) is 3.37. The Morgan fingerprint density at radius 3 is 2.69 bits per heavy atom. The Morgan fingerprint density at radius 2 is 2.06 bits per heavy atom. The van der Waals surface area contributed by atoms with Crippen molar-refractivity contribution in [3.63, 3.8) is 0 Å². The van der Waals surface area contributed by atoms with E-state index in [-0.39, 0.29) is 6.54 Å². The Kier molecular flexibility index (Phi) is 5.11. The highest BCUT2D eigenvalue weighted by atomic mass is 16.3. The van der Waals surface area contributed by atoms with Crippen LogP contribution in [0.4, 0.5) is 0 Å². The number of rotatable bonds is 5. The van der Waals surface area contributed by atoms with E-state index < -0.39 is 11.8 Å². The predicted molar refractivity (Wildman–Crippen MR) is 58.5 cm³/mol. The van der Waals surface area contributed by atoms with E-state index in [2.05, 4.69) is 10.6 Å². The van der Waals surface area contributed by atoms with Crippen LogP contribution < -0.4 is 10.6 Å². The third kappa shape index (κ3) is 4.16. The van der Waals surface area contributed by atoms with E-state index in [1.165, 1.54) is 6.26 Å². The first-order valence-electron chi connectivity index (χ1n) is 5.32. The first-order chi connectivity index (χ1) is 7.74. The molecule has 0 spiro atoms. The van der Waals surface area contributed by atoms with Crippen LogP contribution in [-0.2, 0) is 16.1 Å². The highest BCUT2D eigenvalue weighted by Crippen LogP contribution is 1.98. The van der Waals surface area contributed by atoms with Crippen molar-refractivity contribution in [3.8, 4) is 0 Å². The van der Waals surface area contributed by atoms with Crippen LogP contribution in [0, 0.1) is 0 Å². The van der Waals surface area contributed by atoms with Gasteiger partial charge in [0.2, 0.25) is 0 Å². The monoisotopic (exact) mass is 224 g/mol. The van der Waals surface area contributed by atoms with Gasteiger partial charge in [-0.3, -0.25) is 9.59 Å². The van der Waals surface area contributed by atoms with E-state index >= 15 is 0 Å². The van der Waals surface area contributed by atoms with Gasteiger partial charge in [0.15, 0.2) is 0 Å². The Labute approximate surface area is 94.2 Å². The van der Waals surface area contributed by atoms with E-state index in [1.807, 2.05) is 6.92 Å². The molecular formula is C11H16N2O3. The molecule has 0 aliphatic carbocycles. The Morgan fingerprint density at radius 1 is 1.31 bits per heavy atom. The maximum Gasteiger partial charge on any atom is 0.309 e. The number of hydrogen-bond donors (Lipinski definition) is 2.